The molecule has 13 heavy (non-hydrogen) atoms. The zero-order valence-electron chi connectivity index (χ0n) is 6.32. The van der Waals surface area contributed by atoms with Gasteiger partial charge in [0, 0.05) is 5.39 Å². The molecule has 2 rings (SSSR count). The van der Waals surface area contributed by atoms with Crippen molar-refractivity contribution in [3.8, 4) is 0 Å². The number of thiophene rings is 1. The lowest BCUT2D eigenvalue weighted by Crippen LogP contribution is -2.08. The quantitative estimate of drug-likeness (QED) is 0.729. The van der Waals surface area contributed by atoms with Crippen LogP contribution in [0.5, 0.6) is 0 Å². The molecule has 0 aromatic carbocycles. The van der Waals surface area contributed by atoms with Crippen LogP contribution >= 0.6 is 22.9 Å². The van der Waals surface area contributed by atoms with Crippen molar-refractivity contribution in [2.24, 2.45) is 5.73 Å². The van der Waals surface area contributed by atoms with Gasteiger partial charge in [-0.3, -0.25) is 4.79 Å². The molecule has 0 spiro atoms. The van der Waals surface area contributed by atoms with Crippen LogP contribution in [-0.2, 0) is 0 Å². The number of rotatable bonds is 1. The molecule has 66 valence electrons. The summed E-state index contributed by atoms with van der Waals surface area (Å²) in [5, 5.41) is 1.01. The van der Waals surface area contributed by atoms with Gasteiger partial charge in [-0.15, -0.1) is 11.3 Å². The first-order valence-electron chi connectivity index (χ1n) is 3.38. The Hall–Kier alpha value is -1.20. The van der Waals surface area contributed by atoms with Crippen LogP contribution in [0, 0.1) is 0 Å². The summed E-state index contributed by atoms with van der Waals surface area (Å²) in [5.41, 5.74) is 5.11. The molecule has 2 N–H and O–H groups in total. The summed E-state index contributed by atoms with van der Waals surface area (Å²) >= 11 is 6.99. The van der Waals surface area contributed by atoms with Gasteiger partial charge < -0.3 is 5.73 Å². The van der Waals surface area contributed by atoms with Crippen molar-refractivity contribution in [3.05, 3.63) is 22.4 Å². The zero-order valence-corrected chi connectivity index (χ0v) is 7.89. The van der Waals surface area contributed by atoms with E-state index in [2.05, 4.69) is 9.97 Å². The van der Waals surface area contributed by atoms with E-state index < -0.39 is 5.91 Å². The van der Waals surface area contributed by atoms with Crippen molar-refractivity contribution < 1.29 is 4.79 Å². The number of nitrogens with zero attached hydrogens (tertiary/aromatic N) is 2. The number of amides is 1. The van der Waals surface area contributed by atoms with Gasteiger partial charge in [-0.25, -0.2) is 9.97 Å². The normalized spacial score (nSPS) is 10.5. The maximum absolute atomic E-state index is 10.8. The Labute approximate surface area is 82.4 Å². The van der Waals surface area contributed by atoms with E-state index in [4.69, 9.17) is 17.3 Å². The molecule has 0 radical (unpaired) electrons. The highest BCUT2D eigenvalue weighted by molar-refractivity contribution is 7.20. The second-order valence-corrected chi connectivity index (χ2v) is 3.75. The fraction of sp³-hybridized carbons (Fsp3) is 0. The van der Waals surface area contributed by atoms with Crippen molar-refractivity contribution in [1.82, 2.24) is 9.97 Å². The van der Waals surface area contributed by atoms with E-state index >= 15 is 0 Å². The van der Waals surface area contributed by atoms with Crippen molar-refractivity contribution in [1.29, 1.82) is 0 Å². The summed E-state index contributed by atoms with van der Waals surface area (Å²) in [7, 11) is 0. The van der Waals surface area contributed by atoms with E-state index in [1.807, 2.05) is 0 Å². The number of nitrogens with two attached hydrogens (primary N) is 1. The van der Waals surface area contributed by atoms with Crippen molar-refractivity contribution >= 4 is 39.1 Å². The first-order chi connectivity index (χ1) is 6.18. The maximum atomic E-state index is 10.8. The van der Waals surface area contributed by atoms with E-state index in [-0.39, 0.29) is 0 Å². The molecule has 4 nitrogen and oxygen atoms in total. The molecule has 0 fully saturated rings. The fourth-order valence-electron chi connectivity index (χ4n) is 0.948. The van der Waals surface area contributed by atoms with Crippen LogP contribution in [0.2, 0.25) is 5.15 Å². The third-order valence-electron chi connectivity index (χ3n) is 1.52. The van der Waals surface area contributed by atoms with Crippen molar-refractivity contribution in [2.75, 3.05) is 0 Å². The number of hydrogen-bond acceptors (Lipinski definition) is 4. The molecule has 0 saturated heterocycles. The van der Waals surface area contributed by atoms with Gasteiger partial charge in [0.05, 0.1) is 4.88 Å². The molecule has 0 unspecified atom stereocenters. The third kappa shape index (κ3) is 1.36. The van der Waals surface area contributed by atoms with Gasteiger partial charge in [-0.05, 0) is 6.07 Å². The molecule has 2 aromatic rings. The number of carbonyl (C=O) groups is 1. The summed E-state index contributed by atoms with van der Waals surface area (Å²) in [6.45, 7) is 0. The highest BCUT2D eigenvalue weighted by Gasteiger charge is 2.09. The number of fused-ring (bicyclic) bond motifs is 1. The summed E-state index contributed by atoms with van der Waals surface area (Å²) in [6, 6.07) is 1.60. The number of primary amides is 1. The SMILES string of the molecule is NC(=O)c1cc2c(Cl)ncnc2s1. The molecule has 0 aliphatic carbocycles. The molecule has 6 heteroatoms. The van der Waals surface area contributed by atoms with Crippen molar-refractivity contribution in [2.45, 2.75) is 0 Å². The van der Waals surface area contributed by atoms with Gasteiger partial charge in [0.25, 0.3) is 5.91 Å². The van der Waals surface area contributed by atoms with Crippen LogP contribution in [0.15, 0.2) is 12.4 Å². The molecule has 2 aromatic heterocycles. The summed E-state index contributed by atoms with van der Waals surface area (Å²) < 4.78 is 0. The van der Waals surface area contributed by atoms with Gasteiger partial charge in [0.2, 0.25) is 0 Å². The first-order valence-corrected chi connectivity index (χ1v) is 4.58. The summed E-state index contributed by atoms with van der Waals surface area (Å²) in [4.78, 5) is 19.7. The molecular weight excluding hydrogens is 210 g/mol. The molecule has 0 aliphatic heterocycles. The Bertz CT molecular complexity index is 482. The molecule has 0 saturated carbocycles. The van der Waals surface area contributed by atoms with E-state index in [1.165, 1.54) is 17.7 Å². The lowest BCUT2D eigenvalue weighted by molar-refractivity contribution is 0.100. The van der Waals surface area contributed by atoms with Crippen LogP contribution in [0.1, 0.15) is 9.67 Å². The molecule has 0 atom stereocenters. The highest BCUT2D eigenvalue weighted by atomic mass is 35.5. The Balaban J connectivity index is 2.75. The zero-order chi connectivity index (χ0) is 9.42. The second-order valence-electron chi connectivity index (χ2n) is 2.36. The standard InChI is InChI=1S/C7H4ClN3OS/c8-5-3-1-4(6(9)12)13-7(3)11-2-10-5/h1-2H,(H2,9,12). The van der Waals surface area contributed by atoms with Crippen LogP contribution < -0.4 is 5.73 Å². The Morgan fingerprint density at radius 1 is 1.54 bits per heavy atom. The van der Waals surface area contributed by atoms with Crippen LogP contribution in [-0.4, -0.2) is 15.9 Å². The lowest BCUT2D eigenvalue weighted by Gasteiger charge is -1.87. The van der Waals surface area contributed by atoms with Gasteiger partial charge >= 0.3 is 0 Å². The Morgan fingerprint density at radius 2 is 2.31 bits per heavy atom. The average Bonchev–Trinajstić information content (AvgIpc) is 2.49. The van der Waals surface area contributed by atoms with E-state index in [1.54, 1.807) is 6.07 Å². The van der Waals surface area contributed by atoms with E-state index in [0.717, 1.165) is 0 Å². The smallest absolute Gasteiger partial charge is 0.258 e. The number of halogens is 1. The number of carbonyl (C=O) groups excluding carboxylic acids is 1. The first kappa shape index (κ1) is 8.40. The minimum atomic E-state index is -0.473. The maximum Gasteiger partial charge on any atom is 0.258 e. The third-order valence-corrected chi connectivity index (χ3v) is 2.88. The van der Waals surface area contributed by atoms with Gasteiger partial charge in [-0.2, -0.15) is 0 Å². The Morgan fingerprint density at radius 3 is 2.92 bits per heavy atom. The highest BCUT2D eigenvalue weighted by Crippen LogP contribution is 2.27. The molecule has 0 aliphatic rings. The van der Waals surface area contributed by atoms with Gasteiger partial charge in [-0.1, -0.05) is 11.6 Å². The number of hydrogen-bond donors (Lipinski definition) is 1. The predicted molar refractivity (Wildman–Crippen MR) is 50.9 cm³/mol. The minimum absolute atomic E-state index is 0.341. The summed E-state index contributed by atoms with van der Waals surface area (Å²) in [5.74, 6) is -0.473. The summed E-state index contributed by atoms with van der Waals surface area (Å²) in [6.07, 6.45) is 1.35. The average molecular weight is 214 g/mol. The predicted octanol–water partition coefficient (Wildman–Crippen LogP) is 1.44. The van der Waals surface area contributed by atoms with Crippen molar-refractivity contribution in [3.63, 3.8) is 0 Å². The van der Waals surface area contributed by atoms with Crippen LogP contribution in [0.25, 0.3) is 10.2 Å². The lowest BCUT2D eigenvalue weighted by atomic mass is 10.3. The molecule has 1 amide bonds. The number of aromatic nitrogens is 2. The Kier molecular flexibility index (Phi) is 1.90. The van der Waals surface area contributed by atoms with Crippen LogP contribution in [0.3, 0.4) is 0 Å². The molecule has 2 heterocycles. The van der Waals surface area contributed by atoms with Gasteiger partial charge in [0.15, 0.2) is 0 Å². The topological polar surface area (TPSA) is 68.9 Å². The van der Waals surface area contributed by atoms with E-state index in [0.29, 0.717) is 20.2 Å². The second kappa shape index (κ2) is 2.93. The van der Waals surface area contributed by atoms with Crippen LogP contribution in [0.4, 0.5) is 0 Å². The fourth-order valence-corrected chi connectivity index (χ4v) is 2.04. The van der Waals surface area contributed by atoms with Gasteiger partial charge in [0.1, 0.15) is 16.3 Å². The van der Waals surface area contributed by atoms with E-state index in [9.17, 15) is 4.79 Å². The molecule has 0 bridgehead atoms. The largest absolute Gasteiger partial charge is 0.365 e. The molecular formula is C7H4ClN3OS. The monoisotopic (exact) mass is 213 g/mol. The minimum Gasteiger partial charge on any atom is -0.365 e.